The zero-order valence-electron chi connectivity index (χ0n) is 11.0. The van der Waals surface area contributed by atoms with E-state index in [1.807, 2.05) is 0 Å². The molecule has 0 saturated heterocycles. The number of rotatable bonds is 5. The average Bonchev–Trinajstić information content (AvgIpc) is 2.93. The molecule has 0 unspecified atom stereocenters. The predicted molar refractivity (Wildman–Crippen MR) is 78.2 cm³/mol. The number of carbonyl (C=O) groups excluding carboxylic acids is 1. The van der Waals surface area contributed by atoms with Gasteiger partial charge in [0.2, 0.25) is 5.76 Å². The van der Waals surface area contributed by atoms with Gasteiger partial charge in [-0.1, -0.05) is 15.9 Å². The van der Waals surface area contributed by atoms with Crippen molar-refractivity contribution in [1.29, 1.82) is 0 Å². The number of nitrogens with one attached hydrogen (secondary N) is 1. The number of hydrogen-bond donors (Lipinski definition) is 1. The van der Waals surface area contributed by atoms with Crippen LogP contribution in [-0.4, -0.2) is 18.0 Å². The molecule has 0 saturated carbocycles. The first-order chi connectivity index (χ1) is 10.0. The molecule has 8 heteroatoms. The van der Waals surface area contributed by atoms with E-state index >= 15 is 0 Å². The minimum atomic E-state index is -0.574. The molecular formula is C13H11BrN2O5. The number of nitrogens with zero attached hydrogens (tertiary/aromatic N) is 1. The van der Waals surface area contributed by atoms with Crippen LogP contribution >= 0.6 is 15.9 Å². The highest BCUT2D eigenvalue weighted by atomic mass is 79.9. The van der Waals surface area contributed by atoms with E-state index < -0.39 is 10.9 Å². The molecule has 1 aromatic heterocycles. The number of ether oxygens (including phenoxy) is 1. The largest absolute Gasteiger partial charge is 0.463 e. The number of esters is 1. The van der Waals surface area contributed by atoms with Crippen molar-refractivity contribution in [3.05, 3.63) is 56.4 Å². The quantitative estimate of drug-likeness (QED) is 0.502. The highest BCUT2D eigenvalue weighted by molar-refractivity contribution is 9.10. The summed E-state index contributed by atoms with van der Waals surface area (Å²) in [7, 11) is 1.26. The van der Waals surface area contributed by atoms with Crippen molar-refractivity contribution >= 4 is 33.3 Å². The first kappa shape index (κ1) is 15.0. The lowest BCUT2D eigenvalue weighted by Gasteiger charge is -2.06. The van der Waals surface area contributed by atoms with Crippen LogP contribution in [0.2, 0.25) is 0 Å². The number of hydrogen-bond acceptors (Lipinski definition) is 6. The number of nitro benzene ring substituents is 1. The van der Waals surface area contributed by atoms with Crippen LogP contribution in [0.5, 0.6) is 0 Å². The summed E-state index contributed by atoms with van der Waals surface area (Å²) in [6.45, 7) is 0.203. The molecule has 1 heterocycles. The van der Waals surface area contributed by atoms with Crippen LogP contribution in [0.25, 0.3) is 0 Å². The molecule has 0 amide bonds. The third-order valence-electron chi connectivity index (χ3n) is 2.66. The molecule has 0 aliphatic heterocycles. The smallest absolute Gasteiger partial charge is 0.373 e. The van der Waals surface area contributed by atoms with Crippen LogP contribution in [0.15, 0.2) is 39.2 Å². The Hall–Kier alpha value is -2.35. The van der Waals surface area contributed by atoms with Gasteiger partial charge in [0.05, 0.1) is 18.6 Å². The average molecular weight is 355 g/mol. The van der Waals surface area contributed by atoms with Crippen molar-refractivity contribution in [2.45, 2.75) is 6.54 Å². The van der Waals surface area contributed by atoms with Crippen LogP contribution in [0, 0.1) is 10.1 Å². The van der Waals surface area contributed by atoms with Crippen LogP contribution in [0.4, 0.5) is 11.4 Å². The second-order valence-corrected chi connectivity index (χ2v) is 4.95. The van der Waals surface area contributed by atoms with E-state index in [-0.39, 0.29) is 18.0 Å². The summed E-state index contributed by atoms with van der Waals surface area (Å²) in [6.07, 6.45) is 0. The molecule has 0 aliphatic rings. The van der Waals surface area contributed by atoms with E-state index in [9.17, 15) is 14.9 Å². The van der Waals surface area contributed by atoms with Crippen LogP contribution < -0.4 is 5.32 Å². The SMILES string of the molecule is COC(=O)c1ccc(CNc2cc(Br)ccc2[N+](=O)[O-])o1. The van der Waals surface area contributed by atoms with Crippen LogP contribution in [0.3, 0.4) is 0 Å². The topological polar surface area (TPSA) is 94.6 Å². The molecule has 0 spiro atoms. The van der Waals surface area contributed by atoms with Gasteiger partial charge in [-0.2, -0.15) is 0 Å². The summed E-state index contributed by atoms with van der Waals surface area (Å²) >= 11 is 3.26. The van der Waals surface area contributed by atoms with Gasteiger partial charge in [0.15, 0.2) is 0 Å². The molecule has 1 N–H and O–H groups in total. The Morgan fingerprint density at radius 2 is 2.19 bits per heavy atom. The molecular weight excluding hydrogens is 344 g/mol. The molecule has 0 aliphatic carbocycles. The Bertz CT molecular complexity index is 683. The maximum Gasteiger partial charge on any atom is 0.373 e. The molecule has 0 atom stereocenters. The molecule has 0 fully saturated rings. The van der Waals surface area contributed by atoms with E-state index in [1.165, 1.54) is 19.2 Å². The van der Waals surface area contributed by atoms with Crippen molar-refractivity contribution in [1.82, 2.24) is 0 Å². The van der Waals surface area contributed by atoms with Gasteiger partial charge in [-0.05, 0) is 24.3 Å². The van der Waals surface area contributed by atoms with E-state index in [0.29, 0.717) is 15.9 Å². The minimum Gasteiger partial charge on any atom is -0.463 e. The summed E-state index contributed by atoms with van der Waals surface area (Å²) in [5.74, 6) is -0.0302. The zero-order chi connectivity index (χ0) is 15.4. The van der Waals surface area contributed by atoms with Gasteiger partial charge in [-0.15, -0.1) is 0 Å². The Labute approximate surface area is 128 Å². The maximum atomic E-state index is 11.3. The number of benzene rings is 1. The monoisotopic (exact) mass is 354 g/mol. The van der Waals surface area contributed by atoms with Crippen molar-refractivity contribution in [2.75, 3.05) is 12.4 Å². The first-order valence-electron chi connectivity index (χ1n) is 5.86. The van der Waals surface area contributed by atoms with E-state index in [0.717, 1.165) is 0 Å². The summed E-state index contributed by atoms with van der Waals surface area (Å²) in [5.41, 5.74) is 0.309. The molecule has 21 heavy (non-hydrogen) atoms. The van der Waals surface area contributed by atoms with Crippen LogP contribution in [0.1, 0.15) is 16.3 Å². The summed E-state index contributed by atoms with van der Waals surface area (Å²) in [6, 6.07) is 7.67. The number of methoxy groups -OCH3 is 1. The van der Waals surface area contributed by atoms with Gasteiger partial charge in [0.1, 0.15) is 11.4 Å². The lowest BCUT2D eigenvalue weighted by atomic mass is 10.2. The summed E-state index contributed by atoms with van der Waals surface area (Å²) < 4.78 is 10.5. The summed E-state index contributed by atoms with van der Waals surface area (Å²) in [4.78, 5) is 21.7. The minimum absolute atomic E-state index is 0.0436. The van der Waals surface area contributed by atoms with Crippen molar-refractivity contribution in [3.63, 3.8) is 0 Å². The molecule has 2 rings (SSSR count). The molecule has 2 aromatic rings. The normalized spacial score (nSPS) is 10.2. The van der Waals surface area contributed by atoms with Crippen LogP contribution in [-0.2, 0) is 11.3 Å². The van der Waals surface area contributed by atoms with Gasteiger partial charge in [-0.25, -0.2) is 4.79 Å². The van der Waals surface area contributed by atoms with Crippen molar-refractivity contribution < 1.29 is 18.9 Å². The molecule has 0 radical (unpaired) electrons. The Balaban J connectivity index is 2.13. The number of carbonyl (C=O) groups is 1. The third kappa shape index (κ3) is 3.60. The third-order valence-corrected chi connectivity index (χ3v) is 3.15. The van der Waals surface area contributed by atoms with Gasteiger partial charge >= 0.3 is 5.97 Å². The molecule has 110 valence electrons. The Morgan fingerprint density at radius 3 is 2.86 bits per heavy atom. The zero-order valence-corrected chi connectivity index (χ0v) is 12.5. The highest BCUT2D eigenvalue weighted by Crippen LogP contribution is 2.28. The van der Waals surface area contributed by atoms with E-state index in [4.69, 9.17) is 4.42 Å². The standard InChI is InChI=1S/C13H11BrN2O5/c1-20-13(17)12-5-3-9(21-12)7-15-10-6-8(14)2-4-11(10)16(18)19/h2-6,15H,7H2,1H3. The molecule has 0 bridgehead atoms. The summed E-state index contributed by atoms with van der Waals surface area (Å²) in [5, 5.41) is 13.8. The van der Waals surface area contributed by atoms with E-state index in [1.54, 1.807) is 18.2 Å². The second-order valence-electron chi connectivity index (χ2n) is 4.03. The molecule has 1 aromatic carbocycles. The van der Waals surface area contributed by atoms with Gasteiger partial charge in [0, 0.05) is 10.5 Å². The Kier molecular flexibility index (Phi) is 4.59. The number of furan rings is 1. The van der Waals surface area contributed by atoms with Crippen molar-refractivity contribution in [3.8, 4) is 0 Å². The predicted octanol–water partition coefficient (Wildman–Crippen LogP) is 3.35. The van der Waals surface area contributed by atoms with Gasteiger partial charge in [-0.3, -0.25) is 10.1 Å². The van der Waals surface area contributed by atoms with E-state index in [2.05, 4.69) is 26.0 Å². The fraction of sp³-hybridized carbons (Fsp3) is 0.154. The Morgan fingerprint density at radius 1 is 1.43 bits per heavy atom. The second kappa shape index (κ2) is 6.40. The van der Waals surface area contributed by atoms with Gasteiger partial charge in [0.25, 0.3) is 5.69 Å². The number of nitro groups is 1. The maximum absolute atomic E-state index is 11.3. The molecule has 7 nitrogen and oxygen atoms in total. The fourth-order valence-electron chi connectivity index (χ4n) is 1.67. The lowest BCUT2D eigenvalue weighted by Crippen LogP contribution is -2.02. The lowest BCUT2D eigenvalue weighted by molar-refractivity contribution is -0.384. The van der Waals surface area contributed by atoms with Crippen molar-refractivity contribution in [2.24, 2.45) is 0 Å². The first-order valence-corrected chi connectivity index (χ1v) is 6.65. The number of anilines is 1. The van der Waals surface area contributed by atoms with Gasteiger partial charge < -0.3 is 14.5 Å². The highest BCUT2D eigenvalue weighted by Gasteiger charge is 2.15. The number of halogens is 1. The fourth-order valence-corrected chi connectivity index (χ4v) is 2.04.